The van der Waals surface area contributed by atoms with Gasteiger partial charge in [-0.25, -0.2) is 4.79 Å². The molecule has 5 rings (SSSR count). The Labute approximate surface area is 604 Å². The van der Waals surface area contributed by atoms with Gasteiger partial charge in [-0.3, -0.25) is 91.7 Å². The molecule has 4 aliphatic carbocycles. The summed E-state index contributed by atoms with van der Waals surface area (Å²) in [6, 6.07) is -1.84. The molecule has 35 heteroatoms. The number of Topliss-reactive ketones (excluding diaryl/α,β-unsaturated/α-hetero) is 2. The third kappa shape index (κ3) is 25.9. The average molecular weight is 1480 g/mol. The van der Waals surface area contributed by atoms with E-state index in [1.807, 2.05) is 0 Å². The molecule has 0 radical (unpaired) electrons. The van der Waals surface area contributed by atoms with Crippen molar-refractivity contribution in [1.82, 2.24) is 44.9 Å². The number of hydrogen-bond acceptors (Lipinski definition) is 23. The van der Waals surface area contributed by atoms with Crippen molar-refractivity contribution in [3.63, 3.8) is 0 Å². The fourth-order valence-electron chi connectivity index (χ4n) is 17.7. The van der Waals surface area contributed by atoms with Crippen LogP contribution in [0.15, 0.2) is 0 Å². The third-order valence-electron chi connectivity index (χ3n) is 22.7. The van der Waals surface area contributed by atoms with Crippen LogP contribution in [-0.4, -0.2) is 335 Å². The molecule has 0 aromatic carbocycles. The van der Waals surface area contributed by atoms with Gasteiger partial charge < -0.3 is 76.4 Å². The number of carbonyl (C=O) groups is 14. The van der Waals surface area contributed by atoms with E-state index in [0.29, 0.717) is 38.5 Å². The molecule has 0 aromatic heterocycles. The Bertz CT molecular complexity index is 2740. The molecule has 3 amide bonds. The van der Waals surface area contributed by atoms with Crippen molar-refractivity contribution in [2.75, 3.05) is 131 Å². The SMILES string of the molecule is CC(=O)[C@H](CCCCNC(=O)[C@@H]1CN(C(=O)O[C@@H]2CC[C@@]3(C)C(C2)C[C@@H](O)C2C3C[C@H](O)[C@]3(C)C(C(C)CCC(=O)O)CCC23)C[C@H]1C(=O)NCCCC[C@@H](C(C)=O)N(CCN(CC(=O)O)CC(=O)O)CCN(CC(=O)O)CC(=O)O)N(CCN(CC(=O)O)CC(=O)O)CCN(CC(=O)O)CC(=O)O. The monoisotopic (exact) mass is 1480 g/mol. The Hall–Kier alpha value is -7.54. The number of fused-ring (bicyclic) bond motifs is 5. The second-order valence-electron chi connectivity index (χ2n) is 29.8. The van der Waals surface area contributed by atoms with Crippen LogP contribution < -0.4 is 10.6 Å². The highest BCUT2D eigenvalue weighted by atomic mass is 16.6. The fraction of sp³-hybridized carbons (Fsp3) is 0.797. The molecule has 1 aliphatic heterocycles. The van der Waals surface area contributed by atoms with Gasteiger partial charge in [-0.05, 0) is 150 Å². The maximum absolute atomic E-state index is 14.5. The van der Waals surface area contributed by atoms with Crippen molar-refractivity contribution in [1.29, 1.82) is 0 Å². The van der Waals surface area contributed by atoms with Gasteiger partial charge in [-0.2, -0.15) is 0 Å². The Morgan fingerprint density at radius 2 is 0.865 bits per heavy atom. The lowest BCUT2D eigenvalue weighted by Crippen LogP contribution is -2.62. The molecule has 1 heterocycles. The van der Waals surface area contributed by atoms with Crippen LogP contribution in [0, 0.1) is 58.2 Å². The zero-order valence-corrected chi connectivity index (χ0v) is 60.4. The van der Waals surface area contributed by atoms with Crippen LogP contribution in [0.3, 0.4) is 0 Å². The number of carboxylic acids is 9. The molecule has 0 aromatic rings. The van der Waals surface area contributed by atoms with E-state index in [-0.39, 0.29) is 176 Å². The molecular formula is C69H111N9O26. The molecule has 4 saturated carbocycles. The molecule has 5 aliphatic rings. The van der Waals surface area contributed by atoms with Gasteiger partial charge in [0.05, 0.1) is 88.5 Å². The number of aliphatic hydroxyl groups excluding tert-OH is 2. The number of carbonyl (C=O) groups excluding carboxylic acids is 5. The summed E-state index contributed by atoms with van der Waals surface area (Å²) in [4.78, 5) is 184. The summed E-state index contributed by atoms with van der Waals surface area (Å²) < 4.78 is 6.26. The van der Waals surface area contributed by atoms with Gasteiger partial charge in [0.15, 0.2) is 0 Å². The van der Waals surface area contributed by atoms with E-state index < -0.39 is 172 Å². The van der Waals surface area contributed by atoms with Gasteiger partial charge in [0.25, 0.3) is 0 Å². The Morgan fingerprint density at radius 1 is 0.481 bits per heavy atom. The summed E-state index contributed by atoms with van der Waals surface area (Å²) in [5.74, 6) is -15.7. The zero-order chi connectivity index (χ0) is 77.5. The molecule has 1 saturated heterocycles. The first-order valence-corrected chi connectivity index (χ1v) is 36.1. The van der Waals surface area contributed by atoms with E-state index in [1.165, 1.54) is 18.7 Å². The van der Waals surface area contributed by atoms with Crippen molar-refractivity contribution in [2.24, 2.45) is 58.2 Å². The van der Waals surface area contributed by atoms with Gasteiger partial charge in [-0.15, -0.1) is 0 Å². The minimum absolute atomic E-state index is 0.00315. The number of nitrogens with zero attached hydrogens (tertiary/aromatic N) is 7. The summed E-state index contributed by atoms with van der Waals surface area (Å²) in [5.41, 5.74) is -0.834. The van der Waals surface area contributed by atoms with Gasteiger partial charge in [0, 0.05) is 85.0 Å². The molecule has 15 atom stereocenters. The van der Waals surface area contributed by atoms with Crippen LogP contribution in [0.25, 0.3) is 0 Å². The van der Waals surface area contributed by atoms with Crippen LogP contribution in [0.2, 0.25) is 0 Å². The molecule has 0 spiro atoms. The van der Waals surface area contributed by atoms with Crippen LogP contribution in [0.4, 0.5) is 4.79 Å². The van der Waals surface area contributed by atoms with Crippen LogP contribution in [0.5, 0.6) is 0 Å². The molecule has 104 heavy (non-hydrogen) atoms. The fourth-order valence-corrected chi connectivity index (χ4v) is 17.7. The standard InChI is InChI=1S/C69H111N9O26/c1-41(12-15-55(83)84)48-13-14-49-64-50(30-54(82)69(48,49)5)68(4)17-16-45(28-44(68)29-53(64)81)104-67(103)78-31-46(65(101)70-18-8-6-10-51(42(2)79)76(24-20-72(33-56(85)86)34-57(87)88)25-21-73(35-58(89)90)36-59(91)92)47(32-78)66(102)71-19-9-7-11-52(43(3)80)77(26-22-74(37-60(93)94)38-61(95)96)27-23-75(39-62(97)98)40-63(99)100/h41,44-54,64,81-82H,6-40H2,1-5H3,(H,70,101)(H,71,102)(H,83,84)(H,85,86)(H,87,88)(H,89,90)(H,91,92)(H,93,94)(H,95,96)(H,97,98)(H,99,100)/t41?,44?,45-,46-,47-,48?,49?,50?,51+,52+,53-,54+,64?,68+,69-/m1/s1. The summed E-state index contributed by atoms with van der Waals surface area (Å²) in [6.45, 7) is 2.13. The van der Waals surface area contributed by atoms with Crippen molar-refractivity contribution < 1.29 is 128 Å². The average Bonchev–Trinajstić information content (AvgIpc) is 1.37. The lowest BCUT2D eigenvalue weighted by atomic mass is 9.43. The highest BCUT2D eigenvalue weighted by Gasteiger charge is 2.66. The molecular weight excluding hydrogens is 1370 g/mol. The molecule has 6 unspecified atom stereocenters. The number of carboxylic acid groups (broad SMARTS) is 9. The predicted molar refractivity (Wildman–Crippen MR) is 366 cm³/mol. The van der Waals surface area contributed by atoms with Crippen molar-refractivity contribution in [3.05, 3.63) is 0 Å². The normalized spacial score (nSPS) is 25.9. The van der Waals surface area contributed by atoms with Crippen LogP contribution in [-0.2, 0) is 67.1 Å². The first-order valence-electron chi connectivity index (χ1n) is 36.1. The molecule has 5 fully saturated rings. The number of ether oxygens (including phenoxy) is 1. The summed E-state index contributed by atoms with van der Waals surface area (Å²) in [6.07, 6.45) is 3.02. The first-order chi connectivity index (χ1) is 48.8. The van der Waals surface area contributed by atoms with E-state index in [4.69, 9.17) is 4.74 Å². The number of rotatable bonds is 49. The lowest BCUT2D eigenvalue weighted by Gasteiger charge is -2.63. The number of unbranched alkanes of at least 4 members (excludes halogenated alkanes) is 2. The Morgan fingerprint density at radius 3 is 1.22 bits per heavy atom. The second kappa shape index (κ2) is 40.8. The first kappa shape index (κ1) is 87.1. The summed E-state index contributed by atoms with van der Waals surface area (Å²) in [7, 11) is 0. The quantitative estimate of drug-likeness (QED) is 0.0360. The van der Waals surface area contributed by atoms with E-state index in [1.54, 1.807) is 9.80 Å². The van der Waals surface area contributed by atoms with Gasteiger partial charge in [0.1, 0.15) is 17.7 Å². The molecule has 588 valence electrons. The highest BCUT2D eigenvalue weighted by Crippen LogP contribution is 2.68. The van der Waals surface area contributed by atoms with Crippen LogP contribution in [0.1, 0.15) is 131 Å². The minimum atomic E-state index is -1.32. The van der Waals surface area contributed by atoms with Crippen LogP contribution >= 0.6 is 0 Å². The maximum atomic E-state index is 14.5. The lowest BCUT2D eigenvalue weighted by molar-refractivity contribution is -0.207. The third-order valence-corrected chi connectivity index (χ3v) is 22.7. The van der Waals surface area contributed by atoms with Gasteiger partial charge in [-0.1, -0.05) is 20.8 Å². The number of aliphatic carboxylic acids is 9. The predicted octanol–water partition coefficient (Wildman–Crippen LogP) is 0.118. The number of nitrogens with one attached hydrogen (secondary N) is 2. The smallest absolute Gasteiger partial charge is 0.410 e. The van der Waals surface area contributed by atoms with E-state index >= 15 is 0 Å². The summed E-state index contributed by atoms with van der Waals surface area (Å²) in [5, 5.41) is 115. The number of amides is 3. The van der Waals surface area contributed by atoms with E-state index in [9.17, 15) is 123 Å². The number of ketones is 2. The molecule has 13 N–H and O–H groups in total. The van der Waals surface area contributed by atoms with Crippen molar-refractivity contribution >= 4 is 83.2 Å². The number of aliphatic hydroxyl groups is 2. The van der Waals surface area contributed by atoms with E-state index in [0.717, 1.165) is 32.4 Å². The number of hydrogen-bond donors (Lipinski definition) is 13. The molecule has 0 bridgehead atoms. The minimum Gasteiger partial charge on any atom is -0.481 e. The summed E-state index contributed by atoms with van der Waals surface area (Å²) >= 11 is 0. The van der Waals surface area contributed by atoms with E-state index in [2.05, 4.69) is 31.4 Å². The molecule has 35 nitrogen and oxygen atoms in total. The van der Waals surface area contributed by atoms with Crippen molar-refractivity contribution in [2.45, 2.75) is 161 Å². The Kier molecular flexibility index (Phi) is 34.2. The second-order valence-corrected chi connectivity index (χ2v) is 29.8. The largest absolute Gasteiger partial charge is 0.481 e. The maximum Gasteiger partial charge on any atom is 0.410 e. The Balaban J connectivity index is 1.32. The number of likely N-dealkylation sites (tertiary alicyclic amines) is 1. The zero-order valence-electron chi connectivity index (χ0n) is 60.4. The van der Waals surface area contributed by atoms with Crippen molar-refractivity contribution in [3.8, 4) is 0 Å². The van der Waals surface area contributed by atoms with Gasteiger partial charge >= 0.3 is 59.8 Å². The topological polar surface area (TPSA) is 517 Å². The highest BCUT2D eigenvalue weighted by molar-refractivity contribution is 5.90. The van der Waals surface area contributed by atoms with Gasteiger partial charge in [0.2, 0.25) is 11.8 Å².